The van der Waals surface area contributed by atoms with Gasteiger partial charge in [-0.2, -0.15) is 13.2 Å². The first-order valence-corrected chi connectivity index (χ1v) is 15.0. The van der Waals surface area contributed by atoms with Crippen molar-refractivity contribution in [1.82, 2.24) is 19.8 Å². The van der Waals surface area contributed by atoms with E-state index in [2.05, 4.69) is 27.5 Å². The van der Waals surface area contributed by atoms with Gasteiger partial charge in [0, 0.05) is 36.2 Å². The molecule has 0 unspecified atom stereocenters. The van der Waals surface area contributed by atoms with E-state index in [4.69, 9.17) is 0 Å². The molecule has 1 aliphatic rings. The number of carbonyl (C=O) groups excluding carboxylic acids is 1. The van der Waals surface area contributed by atoms with Crippen molar-refractivity contribution in [1.29, 1.82) is 0 Å². The lowest BCUT2D eigenvalue weighted by atomic mass is 9.92. The van der Waals surface area contributed by atoms with Crippen LogP contribution in [0.5, 0.6) is 0 Å². The highest BCUT2D eigenvalue weighted by Gasteiger charge is 2.35. The standard InChI is InChI=1S/C28H29F6N5O3S/c1-16-12-38(2)13-21(29)24(16)37-27(40)20-9-17(10-23-25(20)36-15-39(23)14-28(32,33)34)5-4-8-35-22-7-6-18(43(3,41)42)11-19(22)26(30)31/h6-7,9-11,15-16,21,24,26,35H,8,12-14H2,1-3H3,(H,37,40)/t16-,21-,24+/m0/s1. The largest absolute Gasteiger partial charge is 0.406 e. The molecule has 0 spiro atoms. The van der Waals surface area contributed by atoms with Crippen molar-refractivity contribution < 1.29 is 39.6 Å². The van der Waals surface area contributed by atoms with E-state index in [0.717, 1.165) is 23.2 Å². The van der Waals surface area contributed by atoms with Crippen molar-refractivity contribution in [3.63, 3.8) is 0 Å². The number of fused-ring (bicyclic) bond motifs is 1. The minimum atomic E-state index is -4.58. The lowest BCUT2D eigenvalue weighted by Crippen LogP contribution is -2.56. The van der Waals surface area contributed by atoms with Crippen LogP contribution in [0.4, 0.5) is 32.0 Å². The topological polar surface area (TPSA) is 96.3 Å². The molecule has 3 atom stereocenters. The molecule has 1 fully saturated rings. The predicted molar refractivity (Wildman–Crippen MR) is 148 cm³/mol. The molecule has 1 aromatic heterocycles. The summed E-state index contributed by atoms with van der Waals surface area (Å²) in [5, 5.41) is 5.35. The number of alkyl halides is 6. The molecule has 4 rings (SSSR count). The normalized spacial score (nSPS) is 19.7. The van der Waals surface area contributed by atoms with Gasteiger partial charge in [-0.3, -0.25) is 4.79 Å². The number of rotatable bonds is 7. The number of nitrogens with one attached hydrogen (secondary N) is 2. The zero-order valence-corrected chi connectivity index (χ0v) is 24.2. The van der Waals surface area contributed by atoms with Crippen molar-refractivity contribution in [2.75, 3.05) is 38.3 Å². The van der Waals surface area contributed by atoms with E-state index >= 15 is 0 Å². The molecule has 0 bridgehead atoms. The molecule has 2 aromatic carbocycles. The molecule has 15 heteroatoms. The molecular weight excluding hydrogens is 600 g/mol. The number of hydrogen-bond donors (Lipinski definition) is 2. The first-order valence-electron chi connectivity index (χ1n) is 13.1. The summed E-state index contributed by atoms with van der Waals surface area (Å²) in [5.74, 6) is 4.43. The number of benzene rings is 2. The number of aromatic nitrogens is 2. The van der Waals surface area contributed by atoms with Crippen LogP contribution in [-0.2, 0) is 16.4 Å². The molecule has 1 aliphatic heterocycles. The number of carbonyl (C=O) groups is 1. The monoisotopic (exact) mass is 629 g/mol. The third-order valence-corrected chi connectivity index (χ3v) is 8.10. The number of imidazole rings is 1. The van der Waals surface area contributed by atoms with E-state index in [1.54, 1.807) is 18.9 Å². The fraction of sp³-hybridized carbons (Fsp3) is 0.429. The first-order chi connectivity index (χ1) is 20.0. The van der Waals surface area contributed by atoms with Crippen LogP contribution in [0.2, 0.25) is 0 Å². The van der Waals surface area contributed by atoms with E-state index in [9.17, 15) is 39.6 Å². The van der Waals surface area contributed by atoms with Gasteiger partial charge in [0.2, 0.25) is 0 Å². The van der Waals surface area contributed by atoms with Gasteiger partial charge in [-0.15, -0.1) is 0 Å². The second-order valence-electron chi connectivity index (χ2n) is 10.6. The molecule has 3 aromatic rings. The van der Waals surface area contributed by atoms with Gasteiger partial charge < -0.3 is 20.1 Å². The Balaban J connectivity index is 1.64. The second kappa shape index (κ2) is 12.5. The van der Waals surface area contributed by atoms with Gasteiger partial charge in [0.05, 0.1) is 34.9 Å². The van der Waals surface area contributed by atoms with Crippen LogP contribution in [-0.4, -0.2) is 80.1 Å². The fourth-order valence-electron chi connectivity index (χ4n) is 5.04. The Kier molecular flexibility index (Phi) is 9.31. The summed E-state index contributed by atoms with van der Waals surface area (Å²) in [7, 11) is -1.96. The Morgan fingerprint density at radius 3 is 2.53 bits per heavy atom. The highest BCUT2D eigenvalue weighted by molar-refractivity contribution is 7.90. The molecule has 43 heavy (non-hydrogen) atoms. The minimum Gasteiger partial charge on any atom is -0.374 e. The van der Waals surface area contributed by atoms with Gasteiger partial charge in [0.15, 0.2) is 9.84 Å². The average molecular weight is 630 g/mol. The summed E-state index contributed by atoms with van der Waals surface area (Å²) in [6.07, 6.45) is -7.08. The highest BCUT2D eigenvalue weighted by Crippen LogP contribution is 2.30. The van der Waals surface area contributed by atoms with Gasteiger partial charge in [0.1, 0.15) is 18.2 Å². The van der Waals surface area contributed by atoms with E-state index in [-0.39, 0.29) is 51.8 Å². The number of sulfone groups is 1. The molecule has 2 N–H and O–H groups in total. The van der Waals surface area contributed by atoms with E-state index in [0.29, 0.717) is 6.54 Å². The molecule has 1 saturated heterocycles. The third-order valence-electron chi connectivity index (χ3n) is 6.99. The quantitative estimate of drug-likeness (QED) is 0.297. The number of likely N-dealkylation sites (tertiary alicyclic amines) is 1. The SMILES string of the molecule is C[C@H]1CN(C)C[C@H](F)[C@@H]1NC(=O)c1cc(C#CCNc2ccc(S(C)(=O)=O)cc2C(F)F)cc2c1ncn2CC(F)(F)F. The maximum absolute atomic E-state index is 14.8. The molecule has 2 heterocycles. The lowest BCUT2D eigenvalue weighted by molar-refractivity contribution is -0.139. The fourth-order valence-corrected chi connectivity index (χ4v) is 5.69. The minimum absolute atomic E-state index is 0.0195. The Hall–Kier alpha value is -3.77. The van der Waals surface area contributed by atoms with Gasteiger partial charge >= 0.3 is 6.18 Å². The zero-order chi connectivity index (χ0) is 31.7. The number of amides is 1. The number of anilines is 1. The summed E-state index contributed by atoms with van der Waals surface area (Å²) < 4.78 is 106. The van der Waals surface area contributed by atoms with Crippen molar-refractivity contribution in [2.24, 2.45) is 5.92 Å². The van der Waals surface area contributed by atoms with Crippen LogP contribution in [0.1, 0.15) is 34.8 Å². The Morgan fingerprint density at radius 1 is 1.19 bits per heavy atom. The third kappa shape index (κ3) is 7.80. The van der Waals surface area contributed by atoms with Gasteiger partial charge in [-0.1, -0.05) is 18.8 Å². The number of hydrogen-bond acceptors (Lipinski definition) is 6. The van der Waals surface area contributed by atoms with Crippen LogP contribution >= 0.6 is 0 Å². The number of halogens is 6. The van der Waals surface area contributed by atoms with Gasteiger partial charge in [0.25, 0.3) is 12.3 Å². The summed E-state index contributed by atoms with van der Waals surface area (Å²) in [6, 6.07) is 5.04. The number of piperidine rings is 1. The van der Waals surface area contributed by atoms with Crippen molar-refractivity contribution >= 4 is 32.5 Å². The molecule has 0 radical (unpaired) electrons. The van der Waals surface area contributed by atoms with E-state index in [1.807, 2.05) is 0 Å². The molecule has 0 saturated carbocycles. The average Bonchev–Trinajstić information content (AvgIpc) is 3.28. The molecule has 8 nitrogen and oxygen atoms in total. The van der Waals surface area contributed by atoms with Crippen molar-refractivity contribution in [2.45, 2.75) is 43.2 Å². The predicted octanol–water partition coefficient (Wildman–Crippen LogP) is 4.42. The second-order valence-corrected chi connectivity index (χ2v) is 12.6. The summed E-state index contributed by atoms with van der Waals surface area (Å²) in [6.45, 7) is 0.846. The van der Waals surface area contributed by atoms with Crippen LogP contribution in [0.25, 0.3) is 11.0 Å². The Labute approximate surface area is 244 Å². The van der Waals surface area contributed by atoms with Crippen LogP contribution in [0.15, 0.2) is 41.6 Å². The van der Waals surface area contributed by atoms with Crippen LogP contribution in [0.3, 0.4) is 0 Å². The maximum Gasteiger partial charge on any atom is 0.406 e. The van der Waals surface area contributed by atoms with Crippen molar-refractivity contribution in [3.05, 3.63) is 53.3 Å². The molecule has 232 valence electrons. The maximum atomic E-state index is 14.8. The van der Waals surface area contributed by atoms with Gasteiger partial charge in [-0.05, 0) is 43.3 Å². The Morgan fingerprint density at radius 2 is 1.91 bits per heavy atom. The first kappa shape index (κ1) is 32.2. The molecule has 0 aliphatic carbocycles. The zero-order valence-electron chi connectivity index (χ0n) is 23.3. The van der Waals surface area contributed by atoms with Gasteiger partial charge in [-0.25, -0.2) is 26.6 Å². The molecular formula is C28H29F6N5O3S. The summed E-state index contributed by atoms with van der Waals surface area (Å²) >= 11 is 0. The Bertz CT molecular complexity index is 1670. The van der Waals surface area contributed by atoms with Crippen LogP contribution in [0, 0.1) is 17.8 Å². The number of nitrogens with zero attached hydrogens (tertiary/aromatic N) is 3. The smallest absolute Gasteiger partial charge is 0.374 e. The summed E-state index contributed by atoms with van der Waals surface area (Å²) in [4.78, 5) is 18.9. The molecule has 1 amide bonds. The lowest BCUT2D eigenvalue weighted by Gasteiger charge is -2.37. The van der Waals surface area contributed by atoms with E-state index < -0.39 is 52.7 Å². The van der Waals surface area contributed by atoms with Crippen LogP contribution < -0.4 is 10.6 Å². The van der Waals surface area contributed by atoms with Crippen molar-refractivity contribution in [3.8, 4) is 11.8 Å². The summed E-state index contributed by atoms with van der Waals surface area (Å²) in [5.41, 5.74) is -0.594. The van der Waals surface area contributed by atoms with E-state index in [1.165, 1.54) is 24.3 Å². The highest BCUT2D eigenvalue weighted by atomic mass is 32.2.